The molecule has 0 radical (unpaired) electrons. The summed E-state index contributed by atoms with van der Waals surface area (Å²) in [5.41, 5.74) is 1.33. The largest absolute Gasteiger partial charge is 0.380 e. The van der Waals surface area contributed by atoms with Crippen LogP contribution in [0.1, 0.15) is 23.5 Å². The van der Waals surface area contributed by atoms with Gasteiger partial charge in [0.25, 0.3) is 0 Å². The van der Waals surface area contributed by atoms with Crippen LogP contribution in [0.15, 0.2) is 47.4 Å². The molecule has 3 rings (SSSR count). The summed E-state index contributed by atoms with van der Waals surface area (Å²) < 4.78 is 60.3. The first-order chi connectivity index (χ1) is 12.9. The van der Waals surface area contributed by atoms with Crippen molar-refractivity contribution < 1.29 is 21.9 Å². The second kappa shape index (κ2) is 9.76. The van der Waals surface area contributed by atoms with E-state index in [1.807, 2.05) is 0 Å². The van der Waals surface area contributed by atoms with E-state index in [0.29, 0.717) is 31.7 Å². The van der Waals surface area contributed by atoms with Gasteiger partial charge in [0.15, 0.2) is 11.6 Å². The summed E-state index contributed by atoms with van der Waals surface area (Å²) in [5, 5.41) is 3.15. The van der Waals surface area contributed by atoms with Crippen LogP contribution in [0.3, 0.4) is 0 Å². The maximum Gasteiger partial charge on any atom is 0.240 e. The Hall–Kier alpha value is -1.58. The third-order valence-corrected chi connectivity index (χ3v) is 6.17. The minimum atomic E-state index is -3.77. The van der Waals surface area contributed by atoms with E-state index in [9.17, 15) is 17.2 Å². The van der Waals surface area contributed by atoms with Crippen molar-refractivity contribution in [2.45, 2.75) is 29.9 Å². The molecule has 5 nitrogen and oxygen atoms in total. The Kier molecular flexibility index (Phi) is 7.91. The lowest BCUT2D eigenvalue weighted by Gasteiger charge is -2.33. The van der Waals surface area contributed by atoms with Crippen molar-refractivity contribution in [3.05, 3.63) is 65.2 Å². The monoisotopic (exact) mass is 432 g/mol. The zero-order valence-corrected chi connectivity index (χ0v) is 17.0. The molecule has 0 aliphatic carbocycles. The first-order valence-electron chi connectivity index (χ1n) is 8.66. The molecule has 2 aromatic carbocycles. The molecule has 2 atom stereocenters. The van der Waals surface area contributed by atoms with Gasteiger partial charge in [-0.1, -0.05) is 18.2 Å². The van der Waals surface area contributed by atoms with Crippen LogP contribution in [0, 0.1) is 11.6 Å². The Balaban J connectivity index is 0.00000280. The number of nitrogens with one attached hydrogen (secondary N) is 2. The molecule has 154 valence electrons. The van der Waals surface area contributed by atoms with E-state index in [1.54, 1.807) is 25.3 Å². The first-order valence-corrected chi connectivity index (χ1v) is 10.1. The van der Waals surface area contributed by atoms with Crippen LogP contribution in [-0.4, -0.2) is 34.7 Å². The molecule has 0 spiro atoms. The molecule has 1 aliphatic rings. The SMILES string of the molecule is COCc1cccc(S(=O)(=O)NC2CNCCC2c2ccc(F)c(F)c2)c1.Cl. The first kappa shape index (κ1) is 22.7. The number of rotatable bonds is 6. The predicted octanol–water partition coefficient (Wildman–Crippen LogP) is 2.96. The van der Waals surface area contributed by atoms with E-state index in [2.05, 4.69) is 10.0 Å². The van der Waals surface area contributed by atoms with Crippen LogP contribution in [0.5, 0.6) is 0 Å². The van der Waals surface area contributed by atoms with Crippen LogP contribution in [0.25, 0.3) is 0 Å². The molecule has 0 aromatic heterocycles. The molecule has 28 heavy (non-hydrogen) atoms. The third kappa shape index (κ3) is 5.27. The Morgan fingerprint density at radius 2 is 1.96 bits per heavy atom. The average molecular weight is 433 g/mol. The Bertz CT molecular complexity index is 912. The lowest BCUT2D eigenvalue weighted by Crippen LogP contribution is -2.49. The topological polar surface area (TPSA) is 67.4 Å². The number of methoxy groups -OCH3 is 1. The van der Waals surface area contributed by atoms with E-state index < -0.39 is 27.7 Å². The van der Waals surface area contributed by atoms with Crippen LogP contribution in [0.4, 0.5) is 8.78 Å². The van der Waals surface area contributed by atoms with Gasteiger partial charge in [0, 0.05) is 25.6 Å². The van der Waals surface area contributed by atoms with Crippen LogP contribution in [0.2, 0.25) is 0 Å². The number of hydrogen-bond donors (Lipinski definition) is 2. The summed E-state index contributed by atoms with van der Waals surface area (Å²) in [4.78, 5) is 0.145. The summed E-state index contributed by atoms with van der Waals surface area (Å²) in [6.45, 7) is 1.39. The highest BCUT2D eigenvalue weighted by atomic mass is 35.5. The Morgan fingerprint density at radius 1 is 1.18 bits per heavy atom. The molecule has 0 saturated carbocycles. The molecule has 2 N–H and O–H groups in total. The summed E-state index contributed by atoms with van der Waals surface area (Å²) in [7, 11) is -2.23. The third-order valence-electron chi connectivity index (χ3n) is 4.68. The fourth-order valence-electron chi connectivity index (χ4n) is 3.36. The lowest BCUT2D eigenvalue weighted by atomic mass is 9.86. The zero-order valence-electron chi connectivity index (χ0n) is 15.3. The van der Waals surface area contributed by atoms with E-state index in [4.69, 9.17) is 4.74 Å². The highest BCUT2D eigenvalue weighted by molar-refractivity contribution is 7.89. The van der Waals surface area contributed by atoms with Crippen molar-refractivity contribution in [3.63, 3.8) is 0 Å². The second-order valence-electron chi connectivity index (χ2n) is 6.58. The lowest BCUT2D eigenvalue weighted by molar-refractivity contribution is 0.184. The maximum absolute atomic E-state index is 13.6. The fourth-order valence-corrected chi connectivity index (χ4v) is 4.71. The number of benzene rings is 2. The molecule has 2 unspecified atom stereocenters. The predicted molar refractivity (Wildman–Crippen MR) is 105 cm³/mol. The van der Waals surface area contributed by atoms with Gasteiger partial charge in [-0.3, -0.25) is 0 Å². The van der Waals surface area contributed by atoms with Gasteiger partial charge in [-0.25, -0.2) is 21.9 Å². The molecule has 0 amide bonds. The Labute approximate surface area is 169 Å². The number of piperidine rings is 1. The van der Waals surface area contributed by atoms with Crippen molar-refractivity contribution in [2.24, 2.45) is 0 Å². The van der Waals surface area contributed by atoms with Crippen LogP contribution < -0.4 is 10.0 Å². The second-order valence-corrected chi connectivity index (χ2v) is 8.30. The van der Waals surface area contributed by atoms with Gasteiger partial charge in [-0.05, 0) is 48.4 Å². The molecule has 1 saturated heterocycles. The summed E-state index contributed by atoms with van der Waals surface area (Å²) in [5.74, 6) is -2.10. The van der Waals surface area contributed by atoms with Gasteiger partial charge < -0.3 is 10.1 Å². The van der Waals surface area contributed by atoms with Gasteiger partial charge >= 0.3 is 0 Å². The highest BCUT2D eigenvalue weighted by Crippen LogP contribution is 2.28. The number of hydrogen-bond acceptors (Lipinski definition) is 4. The number of halogens is 3. The molecular formula is C19H23ClF2N2O3S. The highest BCUT2D eigenvalue weighted by Gasteiger charge is 2.31. The maximum atomic E-state index is 13.6. The minimum Gasteiger partial charge on any atom is -0.380 e. The average Bonchev–Trinajstić information content (AvgIpc) is 2.65. The molecule has 1 fully saturated rings. The number of ether oxygens (including phenoxy) is 1. The van der Waals surface area contributed by atoms with Gasteiger partial charge in [0.05, 0.1) is 11.5 Å². The van der Waals surface area contributed by atoms with Gasteiger partial charge in [-0.15, -0.1) is 12.4 Å². The molecular weight excluding hydrogens is 410 g/mol. The summed E-state index contributed by atoms with van der Waals surface area (Å²) in [6.07, 6.45) is 0.613. The van der Waals surface area contributed by atoms with E-state index in [-0.39, 0.29) is 23.2 Å². The summed E-state index contributed by atoms with van der Waals surface area (Å²) >= 11 is 0. The van der Waals surface area contributed by atoms with Crippen molar-refractivity contribution in [1.29, 1.82) is 0 Å². The van der Waals surface area contributed by atoms with Crippen LogP contribution >= 0.6 is 12.4 Å². The summed E-state index contributed by atoms with van der Waals surface area (Å²) in [6, 6.07) is 9.79. The van der Waals surface area contributed by atoms with Gasteiger partial charge in [0.1, 0.15) is 0 Å². The number of sulfonamides is 1. The quantitative estimate of drug-likeness (QED) is 0.736. The van der Waals surface area contributed by atoms with Crippen LogP contribution in [-0.2, 0) is 21.4 Å². The van der Waals surface area contributed by atoms with E-state index >= 15 is 0 Å². The van der Waals surface area contributed by atoms with Crippen molar-refractivity contribution in [2.75, 3.05) is 20.2 Å². The normalized spacial score (nSPS) is 19.8. The molecule has 2 aromatic rings. The van der Waals surface area contributed by atoms with Crippen molar-refractivity contribution in [1.82, 2.24) is 10.0 Å². The standard InChI is InChI=1S/C19H22F2N2O3S.ClH/c1-26-12-13-3-2-4-15(9-13)27(24,25)23-19-11-22-8-7-16(19)14-5-6-17(20)18(21)10-14;/h2-6,9-10,16,19,22-23H,7-8,11-12H2,1H3;1H. The minimum absolute atomic E-state index is 0. The van der Waals surface area contributed by atoms with Gasteiger partial charge in [0.2, 0.25) is 10.0 Å². The van der Waals surface area contributed by atoms with E-state index in [1.165, 1.54) is 12.1 Å². The van der Waals surface area contributed by atoms with Crippen molar-refractivity contribution in [3.8, 4) is 0 Å². The zero-order chi connectivity index (χ0) is 19.4. The molecule has 9 heteroatoms. The molecule has 0 bridgehead atoms. The fraction of sp³-hybridized carbons (Fsp3) is 0.368. The van der Waals surface area contributed by atoms with Crippen molar-refractivity contribution >= 4 is 22.4 Å². The van der Waals surface area contributed by atoms with E-state index in [0.717, 1.165) is 17.7 Å². The molecule has 1 aliphatic heterocycles. The smallest absolute Gasteiger partial charge is 0.240 e. The molecule has 1 heterocycles. The Morgan fingerprint density at radius 3 is 2.68 bits per heavy atom. The van der Waals surface area contributed by atoms with Gasteiger partial charge in [-0.2, -0.15) is 0 Å².